The number of nitrogens with one attached hydrogen (secondary N) is 3. The third kappa shape index (κ3) is 5.32. The summed E-state index contributed by atoms with van der Waals surface area (Å²) in [6, 6.07) is 1.49. The lowest BCUT2D eigenvalue weighted by Crippen LogP contribution is -2.33. The van der Waals surface area contributed by atoms with Crippen molar-refractivity contribution >= 4 is 10.0 Å². The van der Waals surface area contributed by atoms with E-state index in [1.54, 1.807) is 13.2 Å². The highest BCUT2D eigenvalue weighted by Gasteiger charge is 2.18. The predicted molar refractivity (Wildman–Crippen MR) is 74.4 cm³/mol. The topological polar surface area (TPSA) is 83.2 Å². The van der Waals surface area contributed by atoms with Gasteiger partial charge in [0.1, 0.15) is 0 Å². The summed E-state index contributed by atoms with van der Waals surface area (Å²) in [5.41, 5.74) is 0.853. The molecule has 1 unspecified atom stereocenters. The van der Waals surface area contributed by atoms with Crippen LogP contribution in [0.1, 0.15) is 26.0 Å². The second kappa shape index (κ2) is 7.64. The molecule has 0 radical (unpaired) electrons. The molecule has 0 aromatic carbocycles. The second-order valence-electron chi connectivity index (χ2n) is 4.44. The van der Waals surface area contributed by atoms with E-state index in [4.69, 9.17) is 4.74 Å². The van der Waals surface area contributed by atoms with Crippen molar-refractivity contribution in [2.45, 2.75) is 37.8 Å². The molecule has 1 rings (SSSR count). The number of methoxy groups -OCH3 is 1. The lowest BCUT2D eigenvalue weighted by Gasteiger charge is -2.12. The molecule has 1 aromatic rings. The third-order valence-electron chi connectivity index (χ3n) is 2.70. The molecule has 110 valence electrons. The van der Waals surface area contributed by atoms with E-state index in [0.29, 0.717) is 19.6 Å². The molecule has 0 spiro atoms. The minimum atomic E-state index is -3.46. The molecule has 1 heterocycles. The van der Waals surface area contributed by atoms with Gasteiger partial charge in [-0.1, -0.05) is 6.92 Å². The van der Waals surface area contributed by atoms with Gasteiger partial charge in [0.25, 0.3) is 0 Å². The maximum absolute atomic E-state index is 12.1. The average molecular weight is 289 g/mol. The molecule has 6 nitrogen and oxygen atoms in total. The Bertz CT molecular complexity index is 470. The van der Waals surface area contributed by atoms with Gasteiger partial charge in [-0.15, -0.1) is 0 Å². The third-order valence-corrected chi connectivity index (χ3v) is 4.27. The van der Waals surface area contributed by atoms with Crippen LogP contribution in [0, 0.1) is 0 Å². The van der Waals surface area contributed by atoms with Crippen molar-refractivity contribution in [1.82, 2.24) is 15.0 Å². The number of aromatic nitrogens is 1. The zero-order valence-electron chi connectivity index (χ0n) is 11.7. The van der Waals surface area contributed by atoms with Crippen LogP contribution in [0.3, 0.4) is 0 Å². The molecule has 0 saturated carbocycles. The monoisotopic (exact) mass is 289 g/mol. The van der Waals surface area contributed by atoms with Crippen LogP contribution in [0.15, 0.2) is 17.2 Å². The first kappa shape index (κ1) is 16.2. The molecule has 0 fully saturated rings. The summed E-state index contributed by atoms with van der Waals surface area (Å²) < 4.78 is 31.8. The number of hydrogen-bond donors (Lipinski definition) is 3. The molecule has 1 aromatic heterocycles. The first-order chi connectivity index (χ1) is 8.99. The maximum atomic E-state index is 12.1. The molecular formula is C12H23N3O3S. The lowest BCUT2D eigenvalue weighted by atomic mass is 10.3. The van der Waals surface area contributed by atoms with Crippen LogP contribution in [-0.2, 0) is 21.3 Å². The zero-order valence-corrected chi connectivity index (χ0v) is 12.5. The van der Waals surface area contributed by atoms with E-state index in [9.17, 15) is 8.42 Å². The van der Waals surface area contributed by atoms with E-state index in [0.717, 1.165) is 12.2 Å². The van der Waals surface area contributed by atoms with Gasteiger partial charge >= 0.3 is 0 Å². The molecule has 3 N–H and O–H groups in total. The van der Waals surface area contributed by atoms with E-state index < -0.39 is 10.0 Å². The molecule has 0 amide bonds. The first-order valence-electron chi connectivity index (χ1n) is 6.39. The molecule has 0 bridgehead atoms. The van der Waals surface area contributed by atoms with Crippen LogP contribution in [0.2, 0.25) is 0 Å². The SMILES string of the molecule is CCNCc1cc(S(=O)(=O)NC(C)CCOC)c[nH]1. The fraction of sp³-hybridized carbons (Fsp3) is 0.667. The van der Waals surface area contributed by atoms with Gasteiger partial charge in [-0.25, -0.2) is 13.1 Å². The Hall–Kier alpha value is -0.890. The average Bonchev–Trinajstić information content (AvgIpc) is 2.83. The van der Waals surface area contributed by atoms with Crippen molar-refractivity contribution in [3.05, 3.63) is 18.0 Å². The maximum Gasteiger partial charge on any atom is 0.242 e. The van der Waals surface area contributed by atoms with E-state index >= 15 is 0 Å². The van der Waals surface area contributed by atoms with Gasteiger partial charge < -0.3 is 15.0 Å². The van der Waals surface area contributed by atoms with E-state index in [2.05, 4.69) is 15.0 Å². The van der Waals surface area contributed by atoms with E-state index in [1.165, 1.54) is 6.20 Å². The van der Waals surface area contributed by atoms with Crippen LogP contribution in [0.5, 0.6) is 0 Å². The van der Waals surface area contributed by atoms with Crippen LogP contribution in [-0.4, -0.2) is 39.7 Å². The summed E-state index contributed by atoms with van der Waals surface area (Å²) in [7, 11) is -1.86. The minimum Gasteiger partial charge on any atom is -0.385 e. The Morgan fingerprint density at radius 1 is 1.47 bits per heavy atom. The van der Waals surface area contributed by atoms with Gasteiger partial charge in [0.2, 0.25) is 10.0 Å². The highest BCUT2D eigenvalue weighted by molar-refractivity contribution is 7.89. The highest BCUT2D eigenvalue weighted by Crippen LogP contribution is 2.11. The molecule has 19 heavy (non-hydrogen) atoms. The Morgan fingerprint density at radius 3 is 2.84 bits per heavy atom. The number of hydrogen-bond acceptors (Lipinski definition) is 4. The number of sulfonamides is 1. The Labute approximate surface area is 115 Å². The van der Waals surface area contributed by atoms with Crippen molar-refractivity contribution in [3.8, 4) is 0 Å². The van der Waals surface area contributed by atoms with Crippen molar-refractivity contribution < 1.29 is 13.2 Å². The smallest absolute Gasteiger partial charge is 0.242 e. The highest BCUT2D eigenvalue weighted by atomic mass is 32.2. The van der Waals surface area contributed by atoms with Gasteiger partial charge in [0.15, 0.2) is 0 Å². The molecular weight excluding hydrogens is 266 g/mol. The summed E-state index contributed by atoms with van der Waals surface area (Å²) >= 11 is 0. The van der Waals surface area contributed by atoms with Crippen LogP contribution in [0.4, 0.5) is 0 Å². The van der Waals surface area contributed by atoms with Gasteiger partial charge in [-0.3, -0.25) is 0 Å². The Morgan fingerprint density at radius 2 is 2.21 bits per heavy atom. The summed E-state index contributed by atoms with van der Waals surface area (Å²) in [4.78, 5) is 3.22. The normalized spacial score (nSPS) is 13.6. The number of rotatable bonds is 9. The molecule has 7 heteroatoms. The first-order valence-corrected chi connectivity index (χ1v) is 7.87. The van der Waals surface area contributed by atoms with E-state index in [1.807, 2.05) is 13.8 Å². The Balaban J connectivity index is 2.63. The summed E-state index contributed by atoms with van der Waals surface area (Å²) in [5.74, 6) is 0. The van der Waals surface area contributed by atoms with Crippen molar-refractivity contribution in [2.75, 3.05) is 20.3 Å². The fourth-order valence-corrected chi connectivity index (χ4v) is 2.92. The molecule has 1 atom stereocenters. The van der Waals surface area contributed by atoms with E-state index in [-0.39, 0.29) is 10.9 Å². The molecule has 0 aliphatic rings. The molecule has 0 aliphatic carbocycles. The number of ether oxygens (including phenoxy) is 1. The fourth-order valence-electron chi connectivity index (χ4n) is 1.62. The summed E-state index contributed by atoms with van der Waals surface area (Å²) in [6.45, 7) is 5.82. The lowest BCUT2D eigenvalue weighted by molar-refractivity contribution is 0.188. The van der Waals surface area contributed by atoms with Crippen molar-refractivity contribution in [2.24, 2.45) is 0 Å². The van der Waals surface area contributed by atoms with Crippen LogP contribution in [0.25, 0.3) is 0 Å². The standard InChI is InChI=1S/C12H23N3O3S/c1-4-13-8-11-7-12(9-14-11)19(16,17)15-10(2)5-6-18-3/h7,9-10,13-15H,4-6,8H2,1-3H3. The van der Waals surface area contributed by atoms with Gasteiger partial charge in [-0.05, 0) is 26.0 Å². The van der Waals surface area contributed by atoms with Crippen LogP contribution >= 0.6 is 0 Å². The largest absolute Gasteiger partial charge is 0.385 e. The zero-order chi connectivity index (χ0) is 14.3. The minimum absolute atomic E-state index is 0.155. The molecule has 0 saturated heterocycles. The Kier molecular flexibility index (Phi) is 6.50. The second-order valence-corrected chi connectivity index (χ2v) is 6.16. The van der Waals surface area contributed by atoms with Crippen LogP contribution < -0.4 is 10.0 Å². The quantitative estimate of drug-likeness (QED) is 0.629. The van der Waals surface area contributed by atoms with Gasteiger partial charge in [0.05, 0.1) is 4.90 Å². The van der Waals surface area contributed by atoms with Crippen molar-refractivity contribution in [1.29, 1.82) is 0 Å². The molecule has 0 aliphatic heterocycles. The summed E-state index contributed by atoms with van der Waals surface area (Å²) in [5, 5.41) is 3.13. The number of H-pyrrole nitrogens is 1. The predicted octanol–water partition coefficient (Wildman–Crippen LogP) is 0.828. The summed E-state index contributed by atoms with van der Waals surface area (Å²) in [6.07, 6.45) is 2.16. The van der Waals surface area contributed by atoms with Gasteiger partial charge in [0, 0.05) is 38.2 Å². The number of aromatic amines is 1. The van der Waals surface area contributed by atoms with Gasteiger partial charge in [-0.2, -0.15) is 0 Å². The van der Waals surface area contributed by atoms with Crippen molar-refractivity contribution in [3.63, 3.8) is 0 Å².